The number of carbonyl (C=O) groups is 2. The minimum absolute atomic E-state index is 0.0118. The number of hydrogen-bond donors (Lipinski definition) is 0. The van der Waals surface area contributed by atoms with Gasteiger partial charge in [-0.25, -0.2) is 4.90 Å². The van der Waals surface area contributed by atoms with Crippen LogP contribution in [0.3, 0.4) is 0 Å². The molecular formula is C17H17NO2. The number of aryl methyl sites for hydroxylation is 1. The number of para-hydroxylation sites is 1. The van der Waals surface area contributed by atoms with Gasteiger partial charge >= 0.3 is 0 Å². The van der Waals surface area contributed by atoms with Gasteiger partial charge in [-0.15, -0.1) is 0 Å². The largest absolute Gasteiger partial charge is 0.274 e. The van der Waals surface area contributed by atoms with Gasteiger partial charge < -0.3 is 0 Å². The summed E-state index contributed by atoms with van der Waals surface area (Å²) in [4.78, 5) is 26.9. The summed E-state index contributed by atoms with van der Waals surface area (Å²) in [5, 5.41) is 0. The first-order valence-electron chi connectivity index (χ1n) is 7.36. The molecule has 1 aliphatic heterocycles. The lowest BCUT2D eigenvalue weighted by Crippen LogP contribution is -2.33. The minimum atomic E-state index is -0.109. The van der Waals surface area contributed by atoms with Gasteiger partial charge in [-0.3, -0.25) is 9.59 Å². The first-order valence-corrected chi connectivity index (χ1v) is 7.36. The standard InChI is InChI=1S/C17H17NO2/c1-2-10-5-3-4-6-13(10)18-16(19)14-11-7-8-12(9-11)15(14)17(18)20/h3-8,11-12,14-15H,2,9H2,1H3. The van der Waals surface area contributed by atoms with Crippen molar-refractivity contribution in [1.82, 2.24) is 0 Å². The summed E-state index contributed by atoms with van der Waals surface area (Å²) in [6.45, 7) is 2.05. The van der Waals surface area contributed by atoms with E-state index in [1.165, 1.54) is 4.90 Å². The summed E-state index contributed by atoms with van der Waals surface area (Å²) in [5.74, 6) is 0.362. The molecule has 20 heavy (non-hydrogen) atoms. The van der Waals surface area contributed by atoms with Crippen molar-refractivity contribution in [1.29, 1.82) is 0 Å². The molecule has 1 saturated carbocycles. The molecule has 2 bridgehead atoms. The van der Waals surface area contributed by atoms with E-state index in [9.17, 15) is 9.59 Å². The van der Waals surface area contributed by atoms with Gasteiger partial charge in [-0.2, -0.15) is 0 Å². The highest BCUT2D eigenvalue weighted by Gasteiger charge is 2.59. The van der Waals surface area contributed by atoms with E-state index in [2.05, 4.69) is 19.1 Å². The van der Waals surface area contributed by atoms with E-state index >= 15 is 0 Å². The number of fused-ring (bicyclic) bond motifs is 5. The summed E-state index contributed by atoms with van der Waals surface area (Å²) < 4.78 is 0. The van der Waals surface area contributed by atoms with Crippen LogP contribution in [0.15, 0.2) is 36.4 Å². The number of imide groups is 1. The Balaban J connectivity index is 1.78. The highest BCUT2D eigenvalue weighted by atomic mass is 16.2. The van der Waals surface area contributed by atoms with Gasteiger partial charge in [0.15, 0.2) is 0 Å². The smallest absolute Gasteiger partial charge is 0.238 e. The zero-order valence-electron chi connectivity index (χ0n) is 11.5. The molecule has 1 aromatic carbocycles. The second kappa shape index (κ2) is 4.05. The first-order chi connectivity index (χ1) is 9.72. The van der Waals surface area contributed by atoms with Crippen molar-refractivity contribution in [2.45, 2.75) is 19.8 Å². The molecule has 4 unspecified atom stereocenters. The van der Waals surface area contributed by atoms with Crippen molar-refractivity contribution in [3.05, 3.63) is 42.0 Å². The quantitative estimate of drug-likeness (QED) is 0.610. The number of anilines is 1. The molecule has 0 radical (unpaired) electrons. The fourth-order valence-corrected chi connectivity index (χ4v) is 4.17. The fraction of sp³-hybridized carbons (Fsp3) is 0.412. The van der Waals surface area contributed by atoms with Crippen molar-refractivity contribution in [3.63, 3.8) is 0 Å². The topological polar surface area (TPSA) is 37.4 Å². The molecule has 2 fully saturated rings. The predicted molar refractivity (Wildman–Crippen MR) is 76.0 cm³/mol. The maximum absolute atomic E-state index is 12.7. The molecule has 2 aliphatic carbocycles. The Bertz CT molecular complexity index is 604. The Hall–Kier alpha value is -1.90. The van der Waals surface area contributed by atoms with Crippen molar-refractivity contribution < 1.29 is 9.59 Å². The van der Waals surface area contributed by atoms with Crippen LogP contribution in [0, 0.1) is 23.7 Å². The minimum Gasteiger partial charge on any atom is -0.274 e. The molecular weight excluding hydrogens is 250 g/mol. The second-order valence-corrected chi connectivity index (χ2v) is 5.99. The Morgan fingerprint density at radius 1 is 1.05 bits per heavy atom. The summed E-state index contributed by atoms with van der Waals surface area (Å²) in [6.07, 6.45) is 6.07. The molecule has 102 valence electrons. The highest BCUT2D eigenvalue weighted by Crippen LogP contribution is 2.53. The van der Waals surface area contributed by atoms with Gasteiger partial charge in [0.2, 0.25) is 11.8 Å². The SMILES string of the molecule is CCc1ccccc1N1C(=O)C2C3C=CC(C3)C2C1=O. The lowest BCUT2D eigenvalue weighted by molar-refractivity contribution is -0.123. The van der Waals surface area contributed by atoms with E-state index in [4.69, 9.17) is 0 Å². The van der Waals surface area contributed by atoms with Crippen LogP contribution in [0.4, 0.5) is 5.69 Å². The summed E-state index contributed by atoms with van der Waals surface area (Å²) in [5.41, 5.74) is 1.85. The number of hydrogen-bond acceptors (Lipinski definition) is 2. The van der Waals surface area contributed by atoms with Gasteiger partial charge in [0.25, 0.3) is 0 Å². The maximum Gasteiger partial charge on any atom is 0.238 e. The molecule has 3 aliphatic rings. The zero-order chi connectivity index (χ0) is 13.9. The van der Waals surface area contributed by atoms with Crippen LogP contribution in [0.1, 0.15) is 18.9 Å². The molecule has 2 amide bonds. The number of benzene rings is 1. The van der Waals surface area contributed by atoms with Crippen LogP contribution in [0.5, 0.6) is 0 Å². The number of carbonyl (C=O) groups excluding carboxylic acids is 2. The summed E-state index contributed by atoms with van der Waals surface area (Å²) in [6, 6.07) is 7.75. The lowest BCUT2D eigenvalue weighted by atomic mass is 9.85. The number of allylic oxidation sites excluding steroid dienone is 2. The average Bonchev–Trinajstić information content (AvgIpc) is 3.13. The van der Waals surface area contributed by atoms with Crippen molar-refractivity contribution in [2.75, 3.05) is 4.90 Å². The van der Waals surface area contributed by atoms with E-state index < -0.39 is 0 Å². The molecule has 3 nitrogen and oxygen atoms in total. The monoisotopic (exact) mass is 267 g/mol. The van der Waals surface area contributed by atoms with E-state index in [1.807, 2.05) is 24.3 Å². The van der Waals surface area contributed by atoms with Crippen LogP contribution >= 0.6 is 0 Å². The fourth-order valence-electron chi connectivity index (χ4n) is 4.17. The van der Waals surface area contributed by atoms with Crippen LogP contribution in [0.2, 0.25) is 0 Å². The second-order valence-electron chi connectivity index (χ2n) is 5.99. The van der Waals surface area contributed by atoms with Gasteiger partial charge in [0.1, 0.15) is 0 Å². The third-order valence-electron chi connectivity index (χ3n) is 5.08. The predicted octanol–water partition coefficient (Wildman–Crippen LogP) is 2.56. The van der Waals surface area contributed by atoms with E-state index in [1.54, 1.807) is 0 Å². The first kappa shape index (κ1) is 11.9. The maximum atomic E-state index is 12.7. The lowest BCUT2D eigenvalue weighted by Gasteiger charge is -2.20. The van der Waals surface area contributed by atoms with Crippen LogP contribution < -0.4 is 4.90 Å². The third kappa shape index (κ3) is 1.35. The van der Waals surface area contributed by atoms with Crippen LogP contribution in [-0.2, 0) is 16.0 Å². The zero-order valence-corrected chi connectivity index (χ0v) is 11.5. The third-order valence-corrected chi connectivity index (χ3v) is 5.08. The molecule has 1 aromatic rings. The van der Waals surface area contributed by atoms with Gasteiger partial charge in [-0.1, -0.05) is 37.3 Å². The molecule has 4 atom stereocenters. The molecule has 4 rings (SSSR count). The normalized spacial score (nSPS) is 34.1. The number of rotatable bonds is 2. The molecule has 0 N–H and O–H groups in total. The Labute approximate surface area is 118 Å². The van der Waals surface area contributed by atoms with E-state index in [0.29, 0.717) is 0 Å². The van der Waals surface area contributed by atoms with Crippen molar-refractivity contribution >= 4 is 17.5 Å². The van der Waals surface area contributed by atoms with E-state index in [-0.39, 0.29) is 35.5 Å². The molecule has 1 heterocycles. The van der Waals surface area contributed by atoms with E-state index in [0.717, 1.165) is 24.1 Å². The van der Waals surface area contributed by atoms with Gasteiger partial charge in [-0.05, 0) is 36.3 Å². The van der Waals surface area contributed by atoms with Gasteiger partial charge in [0, 0.05) is 0 Å². The Morgan fingerprint density at radius 2 is 1.65 bits per heavy atom. The average molecular weight is 267 g/mol. The van der Waals surface area contributed by atoms with Crippen molar-refractivity contribution in [3.8, 4) is 0 Å². The van der Waals surface area contributed by atoms with Crippen LogP contribution in [-0.4, -0.2) is 11.8 Å². The molecule has 3 heteroatoms. The van der Waals surface area contributed by atoms with Crippen LogP contribution in [0.25, 0.3) is 0 Å². The molecule has 0 spiro atoms. The van der Waals surface area contributed by atoms with Gasteiger partial charge in [0.05, 0.1) is 17.5 Å². The summed E-state index contributed by atoms with van der Waals surface area (Å²) in [7, 11) is 0. The molecule has 0 aromatic heterocycles. The number of amides is 2. The summed E-state index contributed by atoms with van der Waals surface area (Å²) >= 11 is 0. The highest BCUT2D eigenvalue weighted by molar-refractivity contribution is 6.23. The number of nitrogens with zero attached hydrogens (tertiary/aromatic N) is 1. The molecule has 1 saturated heterocycles. The Morgan fingerprint density at radius 3 is 2.25 bits per heavy atom. The Kier molecular flexibility index (Phi) is 2.40. The van der Waals surface area contributed by atoms with Crippen molar-refractivity contribution in [2.24, 2.45) is 23.7 Å².